The van der Waals surface area contributed by atoms with Gasteiger partial charge < -0.3 is 5.32 Å². The molecule has 4 nitrogen and oxygen atoms in total. The first-order chi connectivity index (χ1) is 15.5. The van der Waals surface area contributed by atoms with Gasteiger partial charge >= 0.3 is 0 Å². The quantitative estimate of drug-likeness (QED) is 0.441. The predicted molar refractivity (Wildman–Crippen MR) is 134 cm³/mol. The second kappa shape index (κ2) is 10.5. The minimum atomic E-state index is -0.161. The van der Waals surface area contributed by atoms with Crippen LogP contribution in [0.4, 0.5) is 5.69 Å². The van der Waals surface area contributed by atoms with Crippen molar-refractivity contribution in [2.75, 3.05) is 5.01 Å². The molecule has 1 heterocycles. The monoisotopic (exact) mass is 491 g/mol. The van der Waals surface area contributed by atoms with Crippen LogP contribution >= 0.6 is 34.8 Å². The molecule has 7 heteroatoms. The van der Waals surface area contributed by atoms with Gasteiger partial charge in [0.2, 0.25) is 0 Å². The summed E-state index contributed by atoms with van der Waals surface area (Å²) in [5, 5.41) is 11.7. The van der Waals surface area contributed by atoms with Crippen molar-refractivity contribution in [2.24, 2.45) is 11.0 Å². The minimum Gasteiger partial charge on any atom is -0.348 e. The van der Waals surface area contributed by atoms with Crippen LogP contribution in [-0.2, 0) is 4.79 Å². The smallest absolute Gasteiger partial charge is 0.268 e. The Morgan fingerprint density at radius 3 is 2.28 bits per heavy atom. The van der Waals surface area contributed by atoms with E-state index in [1.165, 1.54) is 12.8 Å². The Morgan fingerprint density at radius 2 is 1.66 bits per heavy atom. The van der Waals surface area contributed by atoms with Gasteiger partial charge in [0.15, 0.2) is 0 Å². The second-order valence-electron chi connectivity index (χ2n) is 8.60. The summed E-state index contributed by atoms with van der Waals surface area (Å²) in [5.74, 6) is -0.149. The number of nitrogens with one attached hydrogen (secondary N) is 1. The number of hydrogen-bond donors (Lipinski definition) is 1. The zero-order valence-electron chi connectivity index (χ0n) is 18.2. The Morgan fingerprint density at radius 1 is 1.00 bits per heavy atom. The molecule has 2 aliphatic rings. The summed E-state index contributed by atoms with van der Waals surface area (Å²) in [6.07, 6.45) is 7.64. The van der Waals surface area contributed by atoms with E-state index in [1.54, 1.807) is 12.1 Å². The first-order valence-corrected chi connectivity index (χ1v) is 12.5. The van der Waals surface area contributed by atoms with Crippen LogP contribution in [-0.4, -0.2) is 17.7 Å². The number of benzene rings is 2. The zero-order valence-corrected chi connectivity index (χ0v) is 20.4. The fourth-order valence-electron chi connectivity index (χ4n) is 4.79. The molecule has 1 fully saturated rings. The number of rotatable bonds is 5. The summed E-state index contributed by atoms with van der Waals surface area (Å²) in [6.45, 7) is 2.09. The molecule has 1 aliphatic heterocycles. The van der Waals surface area contributed by atoms with Gasteiger partial charge in [0.1, 0.15) is 5.71 Å². The standard InChI is InChI=1S/C25H28Cl3N3O/c1-2-20-23(25(32)29-19-7-5-3-4-6-8-19)30-31(22-14-13-18(27)15-21(22)28)24(20)16-9-11-17(26)12-10-16/h9-15,19-20,24H,2-8H2,1H3,(H,29,32)/t20-,24-/m1/s1. The van der Waals surface area contributed by atoms with Crippen LogP contribution in [0.3, 0.4) is 0 Å². The average molecular weight is 493 g/mol. The van der Waals surface area contributed by atoms with E-state index in [2.05, 4.69) is 12.2 Å². The number of amides is 1. The van der Waals surface area contributed by atoms with E-state index in [4.69, 9.17) is 39.9 Å². The lowest BCUT2D eigenvalue weighted by atomic mass is 9.87. The Bertz CT molecular complexity index is 984. The van der Waals surface area contributed by atoms with E-state index in [1.807, 2.05) is 35.3 Å². The fourth-order valence-corrected chi connectivity index (χ4v) is 5.41. The van der Waals surface area contributed by atoms with Crippen LogP contribution in [0.2, 0.25) is 15.1 Å². The third-order valence-corrected chi connectivity index (χ3v) is 7.23. The molecule has 1 amide bonds. The summed E-state index contributed by atoms with van der Waals surface area (Å²) >= 11 is 18.8. The van der Waals surface area contributed by atoms with Crippen molar-refractivity contribution >= 4 is 52.1 Å². The number of halogens is 3. The third-order valence-electron chi connectivity index (χ3n) is 6.44. The number of hydrogen-bond acceptors (Lipinski definition) is 3. The summed E-state index contributed by atoms with van der Waals surface area (Å²) in [6, 6.07) is 13.1. The molecule has 1 aliphatic carbocycles. The van der Waals surface area contributed by atoms with Crippen molar-refractivity contribution in [3.8, 4) is 0 Å². The molecule has 1 saturated carbocycles. The van der Waals surface area contributed by atoms with Gasteiger partial charge in [0.25, 0.3) is 5.91 Å². The molecular formula is C25H28Cl3N3O. The van der Waals surface area contributed by atoms with Gasteiger partial charge in [-0.3, -0.25) is 9.80 Å². The van der Waals surface area contributed by atoms with E-state index in [0.717, 1.165) is 43.4 Å². The molecule has 0 spiro atoms. The number of anilines is 1. The molecular weight excluding hydrogens is 465 g/mol. The van der Waals surface area contributed by atoms with Crippen molar-refractivity contribution in [3.63, 3.8) is 0 Å². The zero-order chi connectivity index (χ0) is 22.7. The molecule has 2 aromatic rings. The van der Waals surface area contributed by atoms with Crippen LogP contribution in [0.15, 0.2) is 47.6 Å². The van der Waals surface area contributed by atoms with Crippen molar-refractivity contribution in [3.05, 3.63) is 63.1 Å². The van der Waals surface area contributed by atoms with Crippen molar-refractivity contribution < 1.29 is 4.79 Å². The highest BCUT2D eigenvalue weighted by molar-refractivity contribution is 6.41. The fraction of sp³-hybridized carbons (Fsp3) is 0.440. The second-order valence-corrected chi connectivity index (χ2v) is 9.88. The van der Waals surface area contributed by atoms with Gasteiger partial charge in [0, 0.05) is 22.0 Å². The van der Waals surface area contributed by atoms with E-state index < -0.39 is 0 Å². The largest absolute Gasteiger partial charge is 0.348 e. The van der Waals surface area contributed by atoms with Gasteiger partial charge in [-0.15, -0.1) is 0 Å². The average Bonchev–Trinajstić information content (AvgIpc) is 2.96. The van der Waals surface area contributed by atoms with Crippen LogP contribution < -0.4 is 10.3 Å². The molecule has 0 bridgehead atoms. The Labute approximate surface area is 204 Å². The molecule has 32 heavy (non-hydrogen) atoms. The molecule has 0 aromatic heterocycles. The highest BCUT2D eigenvalue weighted by atomic mass is 35.5. The van der Waals surface area contributed by atoms with Gasteiger partial charge in [0.05, 0.1) is 16.8 Å². The van der Waals surface area contributed by atoms with Crippen LogP contribution in [0.5, 0.6) is 0 Å². The Balaban J connectivity index is 1.70. The van der Waals surface area contributed by atoms with Crippen LogP contribution in [0, 0.1) is 5.92 Å². The van der Waals surface area contributed by atoms with E-state index in [0.29, 0.717) is 20.8 Å². The van der Waals surface area contributed by atoms with Gasteiger partial charge in [-0.25, -0.2) is 0 Å². The topological polar surface area (TPSA) is 44.7 Å². The lowest BCUT2D eigenvalue weighted by Gasteiger charge is -2.29. The molecule has 1 N–H and O–H groups in total. The van der Waals surface area contributed by atoms with E-state index in [9.17, 15) is 4.79 Å². The summed E-state index contributed by atoms with van der Waals surface area (Å²) in [7, 11) is 0. The molecule has 0 unspecified atom stereocenters. The Hall–Kier alpha value is -1.75. The Kier molecular flexibility index (Phi) is 7.65. The number of carbonyl (C=O) groups excluding carboxylic acids is 1. The first-order valence-electron chi connectivity index (χ1n) is 11.4. The number of carbonyl (C=O) groups is 1. The van der Waals surface area contributed by atoms with Crippen molar-refractivity contribution in [1.82, 2.24) is 5.32 Å². The normalized spacial score (nSPS) is 21.9. The SMILES string of the molecule is CC[C@@H]1C(C(=O)NC2CCCCCC2)=NN(c2ccc(Cl)cc2Cl)[C@@H]1c1ccc(Cl)cc1. The highest BCUT2D eigenvalue weighted by Crippen LogP contribution is 2.43. The third kappa shape index (κ3) is 5.08. The van der Waals surface area contributed by atoms with Gasteiger partial charge in [-0.05, 0) is 55.2 Å². The maximum absolute atomic E-state index is 13.4. The van der Waals surface area contributed by atoms with Crippen molar-refractivity contribution in [2.45, 2.75) is 64.0 Å². The summed E-state index contributed by atoms with van der Waals surface area (Å²) < 4.78 is 0. The maximum Gasteiger partial charge on any atom is 0.268 e. The highest BCUT2D eigenvalue weighted by Gasteiger charge is 2.42. The number of nitrogens with zero attached hydrogens (tertiary/aromatic N) is 2. The van der Waals surface area contributed by atoms with Gasteiger partial charge in [-0.1, -0.05) is 79.5 Å². The molecule has 170 valence electrons. The lowest BCUT2D eigenvalue weighted by molar-refractivity contribution is -0.115. The molecule has 2 atom stereocenters. The summed E-state index contributed by atoms with van der Waals surface area (Å²) in [5.41, 5.74) is 2.32. The molecule has 2 aromatic carbocycles. The van der Waals surface area contributed by atoms with Gasteiger partial charge in [-0.2, -0.15) is 5.10 Å². The minimum absolute atomic E-state index is 0.0738. The predicted octanol–water partition coefficient (Wildman–Crippen LogP) is 7.43. The van der Waals surface area contributed by atoms with E-state index in [-0.39, 0.29) is 23.9 Å². The number of hydrazone groups is 1. The molecule has 0 saturated heterocycles. The molecule has 0 radical (unpaired) electrons. The molecule has 4 rings (SSSR count). The van der Waals surface area contributed by atoms with Crippen LogP contribution in [0.25, 0.3) is 0 Å². The summed E-state index contributed by atoms with van der Waals surface area (Å²) in [4.78, 5) is 13.4. The first kappa shape index (κ1) is 23.4. The van der Waals surface area contributed by atoms with Crippen molar-refractivity contribution in [1.29, 1.82) is 0 Å². The lowest BCUT2D eigenvalue weighted by Crippen LogP contribution is -2.41. The van der Waals surface area contributed by atoms with Crippen LogP contribution in [0.1, 0.15) is 63.5 Å². The van der Waals surface area contributed by atoms with E-state index >= 15 is 0 Å². The maximum atomic E-state index is 13.4.